The smallest absolute Gasteiger partial charge is 0.253 e. The summed E-state index contributed by atoms with van der Waals surface area (Å²) in [7, 11) is 1.56. The number of nitrogens with one attached hydrogen (secondary N) is 1. The first-order valence-corrected chi connectivity index (χ1v) is 6.05. The zero-order valence-corrected chi connectivity index (χ0v) is 11.8. The number of hydrogen-bond donors (Lipinski definition) is 2. The lowest BCUT2D eigenvalue weighted by Crippen LogP contribution is -2.48. The van der Waals surface area contributed by atoms with Gasteiger partial charge in [-0.05, 0) is 48.0 Å². The largest absolute Gasteiger partial charge is 0.497 e. The number of carbonyl (C=O) groups excluding carboxylic acids is 1. The molecule has 3 N–H and O–H groups in total. The van der Waals surface area contributed by atoms with Crippen molar-refractivity contribution < 1.29 is 9.53 Å². The van der Waals surface area contributed by atoms with Crippen LogP contribution < -0.4 is 15.8 Å². The number of benzene rings is 1. The Kier molecular flexibility index (Phi) is 4.54. The van der Waals surface area contributed by atoms with Crippen molar-refractivity contribution >= 4 is 21.8 Å². The molecule has 0 saturated carbocycles. The van der Waals surface area contributed by atoms with Crippen LogP contribution in [0.5, 0.6) is 5.75 Å². The molecule has 5 heteroatoms. The Morgan fingerprint density at radius 3 is 2.71 bits per heavy atom. The quantitative estimate of drug-likeness (QED) is 0.893. The van der Waals surface area contributed by atoms with Crippen molar-refractivity contribution in [1.29, 1.82) is 0 Å². The highest BCUT2D eigenvalue weighted by Gasteiger charge is 2.20. The summed E-state index contributed by atoms with van der Waals surface area (Å²) < 4.78 is 5.82. The van der Waals surface area contributed by atoms with Crippen LogP contribution in [0.4, 0.5) is 0 Å². The van der Waals surface area contributed by atoms with Gasteiger partial charge in [0, 0.05) is 16.6 Å². The molecule has 0 spiro atoms. The third-order valence-electron chi connectivity index (χ3n) is 2.38. The number of nitrogens with two attached hydrogens (primary N) is 1. The molecule has 0 radical (unpaired) electrons. The maximum atomic E-state index is 12.1. The number of carbonyl (C=O) groups is 1. The molecule has 0 heterocycles. The molecular weight excluding hydrogens is 284 g/mol. The third-order valence-corrected chi connectivity index (χ3v) is 3.07. The number of ether oxygens (including phenoxy) is 1. The van der Waals surface area contributed by atoms with Crippen molar-refractivity contribution in [3.05, 3.63) is 28.2 Å². The van der Waals surface area contributed by atoms with Crippen LogP contribution >= 0.6 is 15.9 Å². The van der Waals surface area contributed by atoms with E-state index in [-0.39, 0.29) is 5.91 Å². The van der Waals surface area contributed by atoms with E-state index in [1.54, 1.807) is 25.3 Å². The highest BCUT2D eigenvalue weighted by molar-refractivity contribution is 9.10. The molecule has 0 bridgehead atoms. The molecule has 0 aromatic heterocycles. The number of methoxy groups -OCH3 is 1. The zero-order chi connectivity index (χ0) is 13.1. The van der Waals surface area contributed by atoms with E-state index >= 15 is 0 Å². The van der Waals surface area contributed by atoms with Gasteiger partial charge in [-0.2, -0.15) is 0 Å². The number of halogens is 1. The van der Waals surface area contributed by atoms with E-state index in [0.717, 1.165) is 4.47 Å². The van der Waals surface area contributed by atoms with Gasteiger partial charge in [-0.15, -0.1) is 0 Å². The Hall–Kier alpha value is -1.07. The Morgan fingerprint density at radius 2 is 2.18 bits per heavy atom. The second-order valence-corrected chi connectivity index (χ2v) is 5.24. The van der Waals surface area contributed by atoms with Crippen LogP contribution in [0.1, 0.15) is 24.2 Å². The first kappa shape index (κ1) is 14.0. The lowest BCUT2D eigenvalue weighted by atomic mass is 10.1. The molecule has 0 aliphatic rings. The van der Waals surface area contributed by atoms with E-state index < -0.39 is 5.54 Å². The van der Waals surface area contributed by atoms with E-state index in [4.69, 9.17) is 10.5 Å². The lowest BCUT2D eigenvalue weighted by Gasteiger charge is -2.24. The van der Waals surface area contributed by atoms with Gasteiger partial charge in [-0.1, -0.05) is 0 Å². The predicted octanol–water partition coefficient (Wildman–Crippen LogP) is 1.92. The molecule has 1 aromatic carbocycles. The van der Waals surface area contributed by atoms with Crippen LogP contribution in [0.15, 0.2) is 22.7 Å². The average Bonchev–Trinajstić information content (AvgIpc) is 2.29. The highest BCUT2D eigenvalue weighted by atomic mass is 79.9. The van der Waals surface area contributed by atoms with Gasteiger partial charge >= 0.3 is 0 Å². The Bertz CT molecular complexity index is 419. The molecule has 1 aromatic rings. The maximum Gasteiger partial charge on any atom is 0.253 e. The fourth-order valence-electron chi connectivity index (χ4n) is 1.23. The van der Waals surface area contributed by atoms with Crippen molar-refractivity contribution in [2.45, 2.75) is 19.4 Å². The summed E-state index contributed by atoms with van der Waals surface area (Å²) in [6.07, 6.45) is 0. The normalized spacial score (nSPS) is 11.1. The summed E-state index contributed by atoms with van der Waals surface area (Å²) >= 11 is 3.34. The van der Waals surface area contributed by atoms with Gasteiger partial charge in [0.05, 0.1) is 12.7 Å². The summed E-state index contributed by atoms with van der Waals surface area (Å²) in [4.78, 5) is 12.1. The van der Waals surface area contributed by atoms with Gasteiger partial charge in [0.1, 0.15) is 5.75 Å². The molecule has 0 saturated heterocycles. The SMILES string of the molecule is COc1ccc(Br)c(C(=O)NC(C)(C)CN)c1. The van der Waals surface area contributed by atoms with Crippen molar-refractivity contribution in [2.75, 3.05) is 13.7 Å². The first-order valence-electron chi connectivity index (χ1n) is 5.26. The Morgan fingerprint density at radius 1 is 1.53 bits per heavy atom. The summed E-state index contributed by atoms with van der Waals surface area (Å²) in [5.74, 6) is 0.468. The van der Waals surface area contributed by atoms with Crippen molar-refractivity contribution in [3.63, 3.8) is 0 Å². The first-order chi connectivity index (χ1) is 7.89. The average molecular weight is 301 g/mol. The Balaban J connectivity index is 2.96. The minimum atomic E-state index is -0.431. The maximum absolute atomic E-state index is 12.1. The molecule has 0 atom stereocenters. The van der Waals surface area contributed by atoms with Gasteiger partial charge in [0.25, 0.3) is 5.91 Å². The van der Waals surface area contributed by atoms with Crippen LogP contribution in [0.2, 0.25) is 0 Å². The van der Waals surface area contributed by atoms with Crippen LogP contribution in [0.3, 0.4) is 0 Å². The van der Waals surface area contributed by atoms with Crippen LogP contribution in [0.25, 0.3) is 0 Å². The predicted molar refractivity (Wildman–Crippen MR) is 71.3 cm³/mol. The second kappa shape index (κ2) is 5.51. The fraction of sp³-hybridized carbons (Fsp3) is 0.417. The van der Waals surface area contributed by atoms with Gasteiger partial charge in [0.15, 0.2) is 0 Å². The summed E-state index contributed by atoms with van der Waals surface area (Å²) in [6, 6.07) is 5.25. The van der Waals surface area contributed by atoms with E-state index in [0.29, 0.717) is 17.9 Å². The topological polar surface area (TPSA) is 64.3 Å². The molecule has 1 rings (SSSR count). The summed E-state index contributed by atoms with van der Waals surface area (Å²) in [5.41, 5.74) is 5.68. The summed E-state index contributed by atoms with van der Waals surface area (Å²) in [6.45, 7) is 4.12. The van der Waals surface area contributed by atoms with E-state index in [1.165, 1.54) is 0 Å². The highest BCUT2D eigenvalue weighted by Crippen LogP contribution is 2.22. The van der Waals surface area contributed by atoms with Crippen molar-refractivity contribution in [3.8, 4) is 5.75 Å². The molecule has 4 nitrogen and oxygen atoms in total. The lowest BCUT2D eigenvalue weighted by molar-refractivity contribution is 0.0914. The monoisotopic (exact) mass is 300 g/mol. The second-order valence-electron chi connectivity index (χ2n) is 4.39. The molecular formula is C12H17BrN2O2. The van der Waals surface area contributed by atoms with Crippen LogP contribution in [-0.2, 0) is 0 Å². The van der Waals surface area contributed by atoms with Crippen molar-refractivity contribution in [1.82, 2.24) is 5.32 Å². The van der Waals surface area contributed by atoms with Crippen LogP contribution in [0, 0.1) is 0 Å². The molecule has 17 heavy (non-hydrogen) atoms. The minimum absolute atomic E-state index is 0.175. The van der Waals surface area contributed by atoms with Gasteiger partial charge in [-0.25, -0.2) is 0 Å². The Labute approximate surface area is 110 Å². The summed E-state index contributed by atoms with van der Waals surface area (Å²) in [5, 5.41) is 2.86. The molecule has 0 fully saturated rings. The van der Waals surface area contributed by atoms with E-state index in [1.807, 2.05) is 13.8 Å². The molecule has 94 valence electrons. The molecule has 0 unspecified atom stereocenters. The fourth-order valence-corrected chi connectivity index (χ4v) is 1.66. The van der Waals surface area contributed by atoms with Gasteiger partial charge in [0.2, 0.25) is 0 Å². The number of amides is 1. The molecule has 1 amide bonds. The number of hydrogen-bond acceptors (Lipinski definition) is 3. The number of rotatable bonds is 4. The van der Waals surface area contributed by atoms with Gasteiger partial charge in [-0.3, -0.25) is 4.79 Å². The minimum Gasteiger partial charge on any atom is -0.497 e. The van der Waals surface area contributed by atoms with E-state index in [9.17, 15) is 4.79 Å². The zero-order valence-electron chi connectivity index (χ0n) is 10.2. The standard InChI is InChI=1S/C12H17BrN2O2/c1-12(2,7-14)15-11(16)9-6-8(17-3)4-5-10(9)13/h4-6H,7,14H2,1-3H3,(H,15,16). The third kappa shape index (κ3) is 3.71. The van der Waals surface area contributed by atoms with Crippen molar-refractivity contribution in [2.24, 2.45) is 5.73 Å². The van der Waals surface area contributed by atoms with E-state index in [2.05, 4.69) is 21.2 Å². The van der Waals surface area contributed by atoms with Crippen LogP contribution in [-0.4, -0.2) is 25.1 Å². The molecule has 0 aliphatic heterocycles. The van der Waals surface area contributed by atoms with Gasteiger partial charge < -0.3 is 15.8 Å². The molecule has 0 aliphatic carbocycles.